The molecule has 0 amide bonds. The molecular weight excluding hydrogens is 210 g/mol. The molecule has 1 aromatic rings. The lowest BCUT2D eigenvalue weighted by atomic mass is 10.1. The molecule has 96 valence electrons. The molecule has 1 heterocycles. The van der Waals surface area contributed by atoms with Crippen molar-refractivity contribution in [1.29, 1.82) is 0 Å². The molecule has 0 bridgehead atoms. The Labute approximate surface area is 105 Å². The van der Waals surface area contributed by atoms with E-state index in [4.69, 9.17) is 0 Å². The highest BCUT2D eigenvalue weighted by Gasteiger charge is 2.21. The highest BCUT2D eigenvalue weighted by atomic mass is 15.3. The first-order chi connectivity index (χ1) is 8.26. The molecule has 0 spiro atoms. The Hall–Kier alpha value is -0.830. The molecule has 1 unspecified atom stereocenters. The first-order valence-electron chi connectivity index (χ1n) is 7.04. The predicted molar refractivity (Wildman–Crippen MR) is 71.1 cm³/mol. The van der Waals surface area contributed by atoms with Gasteiger partial charge < -0.3 is 5.32 Å². The van der Waals surface area contributed by atoms with Crippen molar-refractivity contribution in [3.63, 3.8) is 0 Å². The Bertz CT molecular complexity index is 352. The van der Waals surface area contributed by atoms with Gasteiger partial charge in [0.1, 0.15) is 0 Å². The summed E-state index contributed by atoms with van der Waals surface area (Å²) >= 11 is 0. The Morgan fingerprint density at radius 1 is 1.47 bits per heavy atom. The van der Waals surface area contributed by atoms with E-state index < -0.39 is 0 Å². The van der Waals surface area contributed by atoms with Crippen LogP contribution in [0.15, 0.2) is 6.20 Å². The number of hydrogen-bond donors (Lipinski definition) is 1. The van der Waals surface area contributed by atoms with Crippen LogP contribution in [0, 0.1) is 0 Å². The minimum atomic E-state index is 0.520. The Morgan fingerprint density at radius 3 is 2.82 bits per heavy atom. The van der Waals surface area contributed by atoms with Crippen LogP contribution in [0.5, 0.6) is 0 Å². The Kier molecular flexibility index (Phi) is 4.21. The topological polar surface area (TPSA) is 29.9 Å². The summed E-state index contributed by atoms with van der Waals surface area (Å²) in [6.45, 7) is 7.72. The van der Waals surface area contributed by atoms with Gasteiger partial charge in [-0.3, -0.25) is 4.68 Å². The van der Waals surface area contributed by atoms with Gasteiger partial charge in [-0.25, -0.2) is 0 Å². The fraction of sp³-hybridized carbons (Fsp3) is 0.786. The van der Waals surface area contributed by atoms with Crippen molar-refractivity contribution < 1.29 is 0 Å². The van der Waals surface area contributed by atoms with E-state index in [1.165, 1.54) is 30.5 Å². The zero-order chi connectivity index (χ0) is 12.3. The molecular formula is C14H25N3. The summed E-state index contributed by atoms with van der Waals surface area (Å²) in [4.78, 5) is 0. The van der Waals surface area contributed by atoms with Crippen molar-refractivity contribution in [2.24, 2.45) is 0 Å². The smallest absolute Gasteiger partial charge is 0.0537 e. The molecule has 1 saturated carbocycles. The van der Waals surface area contributed by atoms with Crippen LogP contribution in [0.1, 0.15) is 63.8 Å². The largest absolute Gasteiger partial charge is 0.310 e. The molecule has 0 saturated heterocycles. The molecule has 17 heavy (non-hydrogen) atoms. The van der Waals surface area contributed by atoms with Crippen LogP contribution in [0.4, 0.5) is 0 Å². The van der Waals surface area contributed by atoms with E-state index in [1.54, 1.807) is 0 Å². The van der Waals surface area contributed by atoms with Gasteiger partial charge in [0.25, 0.3) is 0 Å². The second-order valence-corrected chi connectivity index (χ2v) is 5.22. The maximum absolute atomic E-state index is 4.58. The van der Waals surface area contributed by atoms with E-state index in [1.807, 2.05) is 0 Å². The minimum Gasteiger partial charge on any atom is -0.310 e. The molecule has 1 fully saturated rings. The van der Waals surface area contributed by atoms with Crippen molar-refractivity contribution >= 4 is 0 Å². The van der Waals surface area contributed by atoms with Gasteiger partial charge in [0.15, 0.2) is 0 Å². The maximum Gasteiger partial charge on any atom is 0.0537 e. The first-order valence-corrected chi connectivity index (χ1v) is 7.04. The van der Waals surface area contributed by atoms with E-state index in [0.717, 1.165) is 25.4 Å². The van der Waals surface area contributed by atoms with Crippen molar-refractivity contribution in [3.05, 3.63) is 17.5 Å². The third kappa shape index (κ3) is 3.09. The Balaban J connectivity index is 2.09. The average Bonchev–Trinajstić information content (AvgIpc) is 3.09. The maximum atomic E-state index is 4.58. The van der Waals surface area contributed by atoms with Gasteiger partial charge in [-0.05, 0) is 32.6 Å². The molecule has 1 aliphatic rings. The molecule has 2 rings (SSSR count). The summed E-state index contributed by atoms with van der Waals surface area (Å²) in [6.07, 6.45) is 8.25. The van der Waals surface area contributed by atoms with E-state index in [0.29, 0.717) is 6.04 Å². The summed E-state index contributed by atoms with van der Waals surface area (Å²) in [5.74, 6) is 0. The second-order valence-electron chi connectivity index (χ2n) is 5.22. The lowest BCUT2D eigenvalue weighted by molar-refractivity contribution is 0.457. The SMILES string of the molecule is CCCc1c(CNC2CC2)cnn1C(C)CC. The summed E-state index contributed by atoms with van der Waals surface area (Å²) in [5.41, 5.74) is 2.84. The zero-order valence-electron chi connectivity index (χ0n) is 11.4. The lowest BCUT2D eigenvalue weighted by Gasteiger charge is -2.14. The van der Waals surface area contributed by atoms with Crippen molar-refractivity contribution in [1.82, 2.24) is 15.1 Å². The molecule has 0 aromatic carbocycles. The van der Waals surface area contributed by atoms with Gasteiger partial charge in [-0.15, -0.1) is 0 Å². The van der Waals surface area contributed by atoms with Gasteiger partial charge in [-0.2, -0.15) is 5.10 Å². The fourth-order valence-electron chi connectivity index (χ4n) is 2.18. The van der Waals surface area contributed by atoms with Crippen LogP contribution in [0.3, 0.4) is 0 Å². The van der Waals surface area contributed by atoms with Gasteiger partial charge >= 0.3 is 0 Å². The third-order valence-electron chi connectivity index (χ3n) is 3.64. The van der Waals surface area contributed by atoms with Crippen LogP contribution in [-0.2, 0) is 13.0 Å². The summed E-state index contributed by atoms with van der Waals surface area (Å²) in [6, 6.07) is 1.29. The van der Waals surface area contributed by atoms with Gasteiger partial charge in [0.2, 0.25) is 0 Å². The van der Waals surface area contributed by atoms with Crippen LogP contribution in [-0.4, -0.2) is 15.8 Å². The summed E-state index contributed by atoms with van der Waals surface area (Å²) in [7, 11) is 0. The number of hydrogen-bond acceptors (Lipinski definition) is 2. The Morgan fingerprint density at radius 2 is 2.24 bits per heavy atom. The summed E-state index contributed by atoms with van der Waals surface area (Å²) in [5, 5.41) is 8.17. The minimum absolute atomic E-state index is 0.520. The highest BCUT2D eigenvalue weighted by molar-refractivity contribution is 5.19. The number of nitrogens with one attached hydrogen (secondary N) is 1. The van der Waals surface area contributed by atoms with Crippen LogP contribution >= 0.6 is 0 Å². The predicted octanol–water partition coefficient (Wildman–Crippen LogP) is 3.06. The number of nitrogens with zero attached hydrogens (tertiary/aromatic N) is 2. The van der Waals surface area contributed by atoms with Crippen LogP contribution in [0.2, 0.25) is 0 Å². The second kappa shape index (κ2) is 5.67. The summed E-state index contributed by atoms with van der Waals surface area (Å²) < 4.78 is 2.23. The van der Waals surface area contributed by atoms with Crippen LogP contribution < -0.4 is 5.32 Å². The molecule has 3 heteroatoms. The van der Waals surface area contributed by atoms with E-state index in [-0.39, 0.29) is 0 Å². The molecule has 1 aliphatic carbocycles. The van der Waals surface area contributed by atoms with E-state index in [9.17, 15) is 0 Å². The molecule has 0 aliphatic heterocycles. The van der Waals surface area contributed by atoms with E-state index in [2.05, 4.69) is 42.1 Å². The lowest BCUT2D eigenvalue weighted by Crippen LogP contribution is -2.17. The molecule has 0 radical (unpaired) electrons. The molecule has 1 atom stereocenters. The van der Waals surface area contributed by atoms with Crippen molar-refractivity contribution in [2.45, 2.75) is 71.5 Å². The third-order valence-corrected chi connectivity index (χ3v) is 3.64. The zero-order valence-corrected chi connectivity index (χ0v) is 11.4. The van der Waals surface area contributed by atoms with Gasteiger partial charge in [0, 0.05) is 29.9 Å². The van der Waals surface area contributed by atoms with Crippen molar-refractivity contribution in [3.8, 4) is 0 Å². The molecule has 3 nitrogen and oxygen atoms in total. The van der Waals surface area contributed by atoms with E-state index >= 15 is 0 Å². The molecule has 1 aromatic heterocycles. The number of aromatic nitrogens is 2. The quantitative estimate of drug-likeness (QED) is 0.787. The standard InChI is InChI=1S/C14H25N3/c1-4-6-14-12(9-15-13-7-8-13)10-16-17(14)11(3)5-2/h10-11,13,15H,4-9H2,1-3H3. The van der Waals surface area contributed by atoms with Gasteiger partial charge in [0.05, 0.1) is 6.20 Å². The van der Waals surface area contributed by atoms with Crippen molar-refractivity contribution in [2.75, 3.05) is 0 Å². The van der Waals surface area contributed by atoms with Gasteiger partial charge in [-0.1, -0.05) is 20.3 Å². The highest BCUT2D eigenvalue weighted by Crippen LogP contribution is 2.22. The number of rotatable bonds is 7. The normalized spacial score (nSPS) is 17.4. The average molecular weight is 235 g/mol. The van der Waals surface area contributed by atoms with Crippen LogP contribution in [0.25, 0.3) is 0 Å². The first kappa shape index (κ1) is 12.6. The molecule has 1 N–H and O–H groups in total. The monoisotopic (exact) mass is 235 g/mol. The fourth-order valence-corrected chi connectivity index (χ4v) is 2.18.